The highest BCUT2D eigenvalue weighted by Gasteiger charge is 2.24. The molecule has 22 heavy (non-hydrogen) atoms. The van der Waals surface area contributed by atoms with Crippen LogP contribution in [0.25, 0.3) is 11.1 Å². The van der Waals surface area contributed by atoms with E-state index in [0.717, 1.165) is 30.6 Å². The van der Waals surface area contributed by atoms with E-state index in [1.54, 1.807) is 12.4 Å². The number of likely N-dealkylation sites (N-methyl/N-ethyl adjacent to an activating group) is 1. The first-order chi connectivity index (χ1) is 10.6. The van der Waals surface area contributed by atoms with E-state index in [1.807, 2.05) is 18.0 Å². The third-order valence-electron chi connectivity index (χ3n) is 4.27. The number of nitrogens with one attached hydrogen (secondary N) is 1. The molecule has 1 aliphatic rings. The van der Waals surface area contributed by atoms with Crippen molar-refractivity contribution in [3.05, 3.63) is 53.9 Å². The summed E-state index contributed by atoms with van der Waals surface area (Å²) in [4.78, 5) is 18.7. The maximum Gasteiger partial charge on any atom is 0.255 e. The van der Waals surface area contributed by atoms with E-state index in [4.69, 9.17) is 0 Å². The lowest BCUT2D eigenvalue weighted by Gasteiger charge is -2.23. The molecule has 4 nitrogen and oxygen atoms in total. The lowest BCUT2D eigenvalue weighted by Crippen LogP contribution is -2.38. The molecule has 0 aliphatic carbocycles. The van der Waals surface area contributed by atoms with Gasteiger partial charge >= 0.3 is 0 Å². The molecule has 4 heteroatoms. The van der Waals surface area contributed by atoms with E-state index in [-0.39, 0.29) is 11.9 Å². The number of carbonyl (C=O) groups excluding carboxylic acids is 1. The van der Waals surface area contributed by atoms with E-state index in [0.29, 0.717) is 5.56 Å². The van der Waals surface area contributed by atoms with Gasteiger partial charge in [0.05, 0.1) is 5.56 Å². The fourth-order valence-corrected chi connectivity index (χ4v) is 2.80. The number of benzene rings is 1. The highest BCUT2D eigenvalue weighted by atomic mass is 16.2. The SMILES string of the molecule is Cc1ccc(-c2cncc(C(=O)N(C)C3CCNC3)c2)cc1. The van der Waals surface area contributed by atoms with Crippen LogP contribution in [0.3, 0.4) is 0 Å². The van der Waals surface area contributed by atoms with Gasteiger partial charge < -0.3 is 10.2 Å². The Morgan fingerprint density at radius 2 is 2.00 bits per heavy atom. The van der Waals surface area contributed by atoms with Crippen molar-refractivity contribution >= 4 is 5.91 Å². The van der Waals surface area contributed by atoms with Gasteiger partial charge in [0.1, 0.15) is 0 Å². The molecule has 3 rings (SSSR count). The van der Waals surface area contributed by atoms with Crippen molar-refractivity contribution in [3.8, 4) is 11.1 Å². The van der Waals surface area contributed by atoms with Gasteiger partial charge in [-0.2, -0.15) is 0 Å². The van der Waals surface area contributed by atoms with E-state index >= 15 is 0 Å². The molecule has 0 spiro atoms. The summed E-state index contributed by atoms with van der Waals surface area (Å²) in [7, 11) is 1.87. The summed E-state index contributed by atoms with van der Waals surface area (Å²) >= 11 is 0. The highest BCUT2D eigenvalue weighted by molar-refractivity contribution is 5.95. The summed E-state index contributed by atoms with van der Waals surface area (Å²) < 4.78 is 0. The van der Waals surface area contributed by atoms with Gasteiger partial charge in [-0.05, 0) is 31.5 Å². The third kappa shape index (κ3) is 3.02. The molecule has 1 fully saturated rings. The lowest BCUT2D eigenvalue weighted by molar-refractivity contribution is 0.0743. The minimum atomic E-state index is 0.0372. The van der Waals surface area contributed by atoms with Gasteiger partial charge in [0.25, 0.3) is 5.91 Å². The Labute approximate surface area is 131 Å². The quantitative estimate of drug-likeness (QED) is 0.946. The van der Waals surface area contributed by atoms with E-state index < -0.39 is 0 Å². The summed E-state index contributed by atoms with van der Waals surface area (Å²) in [6.07, 6.45) is 4.46. The molecule has 1 saturated heterocycles. The second-order valence-corrected chi connectivity index (χ2v) is 5.89. The number of pyridine rings is 1. The molecule has 1 atom stereocenters. The summed E-state index contributed by atoms with van der Waals surface area (Å²) in [5.41, 5.74) is 3.92. The van der Waals surface area contributed by atoms with Crippen molar-refractivity contribution in [1.82, 2.24) is 15.2 Å². The Morgan fingerprint density at radius 3 is 2.68 bits per heavy atom. The Bertz CT molecular complexity index is 660. The average Bonchev–Trinajstić information content (AvgIpc) is 3.09. The Balaban J connectivity index is 1.84. The first-order valence-electron chi connectivity index (χ1n) is 7.65. The first-order valence-corrected chi connectivity index (χ1v) is 7.65. The van der Waals surface area contributed by atoms with Crippen LogP contribution in [0.15, 0.2) is 42.7 Å². The van der Waals surface area contributed by atoms with Gasteiger partial charge in [0, 0.05) is 37.6 Å². The summed E-state index contributed by atoms with van der Waals surface area (Å²) in [5.74, 6) is 0.0372. The molecule has 1 unspecified atom stereocenters. The molecule has 1 aromatic heterocycles. The molecule has 1 aliphatic heterocycles. The largest absolute Gasteiger partial charge is 0.337 e. The Hall–Kier alpha value is -2.20. The minimum Gasteiger partial charge on any atom is -0.337 e. The molecule has 2 heterocycles. The standard InChI is InChI=1S/C18H21N3O/c1-13-3-5-14(6-4-13)15-9-16(11-20-10-15)18(22)21(2)17-7-8-19-12-17/h3-6,9-11,17,19H,7-8,12H2,1-2H3. The van der Waals surface area contributed by atoms with Crippen LogP contribution in [-0.2, 0) is 0 Å². The molecule has 0 bridgehead atoms. The zero-order chi connectivity index (χ0) is 15.5. The molecule has 114 valence electrons. The molecule has 1 amide bonds. The maximum atomic E-state index is 12.6. The van der Waals surface area contributed by atoms with Crippen molar-refractivity contribution in [1.29, 1.82) is 0 Å². The number of nitrogens with zero attached hydrogens (tertiary/aromatic N) is 2. The van der Waals surface area contributed by atoms with E-state index in [2.05, 4.69) is 41.5 Å². The van der Waals surface area contributed by atoms with E-state index in [1.165, 1.54) is 5.56 Å². The normalized spacial score (nSPS) is 17.5. The van der Waals surface area contributed by atoms with Gasteiger partial charge in [-0.3, -0.25) is 9.78 Å². The van der Waals surface area contributed by atoms with Gasteiger partial charge in [-0.15, -0.1) is 0 Å². The fourth-order valence-electron chi connectivity index (χ4n) is 2.80. The van der Waals surface area contributed by atoms with Crippen LogP contribution < -0.4 is 5.32 Å². The van der Waals surface area contributed by atoms with Crippen LogP contribution in [0.5, 0.6) is 0 Å². The monoisotopic (exact) mass is 295 g/mol. The number of carbonyl (C=O) groups is 1. The fraction of sp³-hybridized carbons (Fsp3) is 0.333. The molecule has 0 radical (unpaired) electrons. The third-order valence-corrected chi connectivity index (χ3v) is 4.27. The Morgan fingerprint density at radius 1 is 1.23 bits per heavy atom. The number of rotatable bonds is 3. The average molecular weight is 295 g/mol. The van der Waals surface area contributed by atoms with Crippen molar-refractivity contribution in [2.75, 3.05) is 20.1 Å². The number of aryl methyl sites for hydroxylation is 1. The number of hydrogen-bond acceptors (Lipinski definition) is 3. The first kappa shape index (κ1) is 14.7. The zero-order valence-corrected chi connectivity index (χ0v) is 13.0. The van der Waals surface area contributed by atoms with Crippen LogP contribution >= 0.6 is 0 Å². The second-order valence-electron chi connectivity index (χ2n) is 5.89. The lowest BCUT2D eigenvalue weighted by atomic mass is 10.0. The molecular weight excluding hydrogens is 274 g/mol. The van der Waals surface area contributed by atoms with Gasteiger partial charge in [0.2, 0.25) is 0 Å². The van der Waals surface area contributed by atoms with Crippen LogP contribution in [0.4, 0.5) is 0 Å². The molecule has 0 saturated carbocycles. The number of aromatic nitrogens is 1. The smallest absolute Gasteiger partial charge is 0.255 e. The summed E-state index contributed by atoms with van der Waals surface area (Å²) in [5, 5.41) is 3.29. The van der Waals surface area contributed by atoms with Crippen LogP contribution in [-0.4, -0.2) is 42.0 Å². The molecule has 2 aromatic rings. The van der Waals surface area contributed by atoms with E-state index in [9.17, 15) is 4.79 Å². The van der Waals surface area contributed by atoms with Gasteiger partial charge in [-0.25, -0.2) is 0 Å². The highest BCUT2D eigenvalue weighted by Crippen LogP contribution is 2.21. The van der Waals surface area contributed by atoms with Crippen molar-refractivity contribution in [2.45, 2.75) is 19.4 Å². The Kier molecular flexibility index (Phi) is 4.20. The molecular formula is C18H21N3O. The topological polar surface area (TPSA) is 45.2 Å². The molecule has 1 aromatic carbocycles. The van der Waals surface area contributed by atoms with Gasteiger partial charge in [0.15, 0.2) is 0 Å². The van der Waals surface area contributed by atoms with Gasteiger partial charge in [-0.1, -0.05) is 29.8 Å². The number of amides is 1. The van der Waals surface area contributed by atoms with Crippen LogP contribution in [0.2, 0.25) is 0 Å². The van der Waals surface area contributed by atoms with Crippen molar-refractivity contribution < 1.29 is 4.79 Å². The minimum absolute atomic E-state index is 0.0372. The van der Waals surface area contributed by atoms with Crippen molar-refractivity contribution in [2.24, 2.45) is 0 Å². The van der Waals surface area contributed by atoms with Crippen LogP contribution in [0.1, 0.15) is 22.3 Å². The predicted molar refractivity (Wildman–Crippen MR) is 87.8 cm³/mol. The second kappa shape index (κ2) is 6.28. The molecule has 1 N–H and O–H groups in total. The summed E-state index contributed by atoms with van der Waals surface area (Å²) in [6, 6.07) is 10.5. The van der Waals surface area contributed by atoms with Crippen molar-refractivity contribution in [3.63, 3.8) is 0 Å². The predicted octanol–water partition coefficient (Wildman–Crippen LogP) is 2.49. The maximum absolute atomic E-state index is 12.6. The zero-order valence-electron chi connectivity index (χ0n) is 13.0. The summed E-state index contributed by atoms with van der Waals surface area (Å²) in [6.45, 7) is 3.91. The number of hydrogen-bond donors (Lipinski definition) is 1. The van der Waals surface area contributed by atoms with Crippen LogP contribution in [0, 0.1) is 6.92 Å².